The maximum absolute atomic E-state index is 10.4. The Morgan fingerprint density at radius 3 is 2.22 bits per heavy atom. The van der Waals surface area contributed by atoms with E-state index in [4.69, 9.17) is 10.9 Å². The molecule has 0 heterocycles. The highest BCUT2D eigenvalue weighted by atomic mass is 16.3. The maximum atomic E-state index is 10.4. The van der Waals surface area contributed by atoms with Crippen molar-refractivity contribution in [2.75, 3.05) is 0 Å². The van der Waals surface area contributed by atoms with E-state index in [0.29, 0.717) is 0 Å². The summed E-state index contributed by atoms with van der Waals surface area (Å²) in [5.41, 5.74) is 2.01. The molecular weight excluding hydrogens is 124 g/mol. The second-order valence-corrected chi connectivity index (χ2v) is 1.82. The predicted octanol–water partition coefficient (Wildman–Crippen LogP) is -2.67. The molecule has 5 heteroatoms. The molecule has 1 rings (SSSR count). The first-order valence-corrected chi connectivity index (χ1v) is 2.40. The Labute approximate surface area is 50.8 Å². The Morgan fingerprint density at radius 1 is 1.44 bits per heavy atom. The normalized spacial score (nSPS) is 34.4. The van der Waals surface area contributed by atoms with Gasteiger partial charge in [0.25, 0.3) is 0 Å². The van der Waals surface area contributed by atoms with Gasteiger partial charge in [0.2, 0.25) is 11.6 Å². The number of Topliss-reactive ketones (excluding diaryl/α,β-unsaturated/α-hetero) is 2. The van der Waals surface area contributed by atoms with E-state index < -0.39 is 23.7 Å². The number of rotatable bonds is 1. The molecule has 0 amide bonds. The minimum absolute atomic E-state index is 0.648. The van der Waals surface area contributed by atoms with Gasteiger partial charge in [-0.2, -0.15) is 0 Å². The van der Waals surface area contributed by atoms with Crippen LogP contribution in [-0.4, -0.2) is 28.8 Å². The van der Waals surface area contributed by atoms with Crippen LogP contribution in [0.15, 0.2) is 0 Å². The smallest absolute Gasteiger partial charge is 0.230 e. The van der Waals surface area contributed by atoms with Crippen LogP contribution in [0.3, 0.4) is 0 Å². The zero-order valence-corrected chi connectivity index (χ0v) is 4.50. The van der Waals surface area contributed by atoms with Gasteiger partial charge in [-0.15, -0.1) is 0 Å². The summed E-state index contributed by atoms with van der Waals surface area (Å²) in [4.78, 5) is 20.6. The van der Waals surface area contributed by atoms with E-state index in [1.807, 2.05) is 5.43 Å². The molecule has 2 atom stereocenters. The second kappa shape index (κ2) is 1.87. The third-order valence-electron chi connectivity index (χ3n) is 1.29. The molecule has 1 aliphatic rings. The Hall–Kier alpha value is -0.780. The standard InChI is InChI=1S/C4H6N2O3/c5-6-1-2(7)4(9)3(1)8/h1-2,6-7H,5H2. The summed E-state index contributed by atoms with van der Waals surface area (Å²) < 4.78 is 0. The van der Waals surface area contributed by atoms with Gasteiger partial charge in [0.05, 0.1) is 0 Å². The van der Waals surface area contributed by atoms with Gasteiger partial charge in [-0.1, -0.05) is 0 Å². The van der Waals surface area contributed by atoms with E-state index in [2.05, 4.69) is 0 Å². The molecule has 4 N–H and O–H groups in total. The fourth-order valence-corrected chi connectivity index (χ4v) is 0.664. The van der Waals surface area contributed by atoms with Crippen LogP contribution in [0.1, 0.15) is 0 Å². The lowest BCUT2D eigenvalue weighted by molar-refractivity contribution is -0.155. The summed E-state index contributed by atoms with van der Waals surface area (Å²) in [5.74, 6) is 3.38. The van der Waals surface area contributed by atoms with Crippen molar-refractivity contribution in [3.8, 4) is 0 Å². The Balaban J connectivity index is 2.61. The molecule has 5 nitrogen and oxygen atoms in total. The first kappa shape index (κ1) is 6.34. The van der Waals surface area contributed by atoms with Crippen molar-refractivity contribution in [1.82, 2.24) is 5.43 Å². The quantitative estimate of drug-likeness (QED) is 0.204. The molecule has 9 heavy (non-hydrogen) atoms. The van der Waals surface area contributed by atoms with Gasteiger partial charge in [0.15, 0.2) is 0 Å². The predicted molar refractivity (Wildman–Crippen MR) is 27.1 cm³/mol. The molecule has 0 spiro atoms. The van der Waals surface area contributed by atoms with E-state index in [1.54, 1.807) is 0 Å². The molecule has 50 valence electrons. The number of ketones is 2. The van der Waals surface area contributed by atoms with E-state index in [-0.39, 0.29) is 0 Å². The first-order valence-electron chi connectivity index (χ1n) is 2.40. The summed E-state index contributed by atoms with van der Waals surface area (Å²) in [6.07, 6.45) is -1.23. The van der Waals surface area contributed by atoms with E-state index in [1.165, 1.54) is 0 Å². The fraction of sp³-hybridized carbons (Fsp3) is 0.500. The zero-order chi connectivity index (χ0) is 7.02. The molecule has 1 saturated carbocycles. The van der Waals surface area contributed by atoms with Crippen LogP contribution in [0, 0.1) is 0 Å². The van der Waals surface area contributed by atoms with Gasteiger partial charge in [-0.3, -0.25) is 15.4 Å². The molecule has 0 saturated heterocycles. The third-order valence-corrected chi connectivity index (χ3v) is 1.29. The fourth-order valence-electron chi connectivity index (χ4n) is 0.664. The number of nitrogens with two attached hydrogens (primary N) is 1. The van der Waals surface area contributed by atoms with Crippen molar-refractivity contribution in [2.24, 2.45) is 5.84 Å². The number of aliphatic hydroxyl groups is 1. The lowest BCUT2D eigenvalue weighted by Crippen LogP contribution is -2.65. The van der Waals surface area contributed by atoms with E-state index >= 15 is 0 Å². The Kier molecular flexibility index (Phi) is 1.32. The summed E-state index contributed by atoms with van der Waals surface area (Å²) >= 11 is 0. The third kappa shape index (κ3) is 0.663. The van der Waals surface area contributed by atoms with Crippen molar-refractivity contribution in [2.45, 2.75) is 12.1 Å². The number of aliphatic hydroxyl groups excluding tert-OH is 1. The van der Waals surface area contributed by atoms with Crippen molar-refractivity contribution in [1.29, 1.82) is 0 Å². The highest BCUT2D eigenvalue weighted by molar-refractivity contribution is 6.48. The van der Waals surface area contributed by atoms with Crippen LogP contribution >= 0.6 is 0 Å². The number of carbonyl (C=O) groups is 2. The lowest BCUT2D eigenvalue weighted by Gasteiger charge is -2.27. The first-order chi connectivity index (χ1) is 4.18. The van der Waals surface area contributed by atoms with Gasteiger partial charge < -0.3 is 5.11 Å². The average molecular weight is 130 g/mol. The molecule has 1 fully saturated rings. The van der Waals surface area contributed by atoms with Crippen LogP contribution in [0.5, 0.6) is 0 Å². The minimum atomic E-state index is -1.23. The summed E-state index contributed by atoms with van der Waals surface area (Å²) in [6, 6.07) is -0.877. The zero-order valence-electron chi connectivity index (χ0n) is 4.50. The largest absolute Gasteiger partial charge is 0.383 e. The molecule has 0 bridgehead atoms. The van der Waals surface area contributed by atoms with Crippen LogP contribution in [-0.2, 0) is 9.59 Å². The molecule has 2 unspecified atom stereocenters. The van der Waals surface area contributed by atoms with Crippen molar-refractivity contribution in [3.05, 3.63) is 0 Å². The van der Waals surface area contributed by atoms with Crippen LogP contribution in [0.4, 0.5) is 0 Å². The van der Waals surface area contributed by atoms with E-state index in [0.717, 1.165) is 0 Å². The number of hydrogen-bond acceptors (Lipinski definition) is 5. The number of hydrazine groups is 1. The minimum Gasteiger partial charge on any atom is -0.383 e. The average Bonchev–Trinajstić information content (AvgIpc) is 1.89. The monoisotopic (exact) mass is 130 g/mol. The number of nitrogens with one attached hydrogen (secondary N) is 1. The molecule has 0 aromatic carbocycles. The van der Waals surface area contributed by atoms with Gasteiger partial charge >= 0.3 is 0 Å². The maximum Gasteiger partial charge on any atom is 0.230 e. The van der Waals surface area contributed by atoms with Gasteiger partial charge in [-0.25, -0.2) is 5.43 Å². The second-order valence-electron chi connectivity index (χ2n) is 1.82. The molecule has 0 radical (unpaired) electrons. The van der Waals surface area contributed by atoms with Gasteiger partial charge in [0.1, 0.15) is 12.1 Å². The molecular formula is C4H6N2O3. The summed E-state index contributed by atoms with van der Waals surface area (Å²) in [7, 11) is 0. The highest BCUT2D eigenvalue weighted by Gasteiger charge is 2.47. The number of hydrogen-bond donors (Lipinski definition) is 3. The summed E-state index contributed by atoms with van der Waals surface area (Å²) in [5, 5.41) is 8.63. The SMILES string of the molecule is NNC1C(=O)C(=O)C1O. The van der Waals surface area contributed by atoms with Crippen molar-refractivity contribution < 1.29 is 14.7 Å². The topological polar surface area (TPSA) is 92.4 Å². The Bertz CT molecular complexity index is 167. The van der Waals surface area contributed by atoms with Crippen LogP contribution in [0.25, 0.3) is 0 Å². The molecule has 1 aliphatic carbocycles. The van der Waals surface area contributed by atoms with Gasteiger partial charge in [-0.05, 0) is 0 Å². The van der Waals surface area contributed by atoms with Crippen molar-refractivity contribution >= 4 is 11.6 Å². The molecule has 0 aliphatic heterocycles. The Morgan fingerprint density at radius 2 is 2.00 bits per heavy atom. The van der Waals surface area contributed by atoms with Gasteiger partial charge in [0, 0.05) is 0 Å². The van der Waals surface area contributed by atoms with E-state index in [9.17, 15) is 9.59 Å². The van der Waals surface area contributed by atoms with Crippen LogP contribution < -0.4 is 11.3 Å². The van der Waals surface area contributed by atoms with Crippen molar-refractivity contribution in [3.63, 3.8) is 0 Å². The van der Waals surface area contributed by atoms with Crippen LogP contribution in [0.2, 0.25) is 0 Å². The molecule has 0 aromatic heterocycles. The number of carbonyl (C=O) groups excluding carboxylic acids is 2. The molecule has 0 aromatic rings. The lowest BCUT2D eigenvalue weighted by atomic mass is 9.86. The summed E-state index contributed by atoms with van der Waals surface area (Å²) in [6.45, 7) is 0. The highest BCUT2D eigenvalue weighted by Crippen LogP contribution is 2.09.